The van der Waals surface area contributed by atoms with E-state index in [-0.39, 0.29) is 29.6 Å². The molecule has 0 fully saturated rings. The third-order valence-electron chi connectivity index (χ3n) is 4.57. The fraction of sp³-hybridized carbons (Fsp3) is 0.421. The molecule has 1 aliphatic rings. The molecule has 152 valence electrons. The molecule has 0 saturated carbocycles. The zero-order valence-electron chi connectivity index (χ0n) is 16.5. The van der Waals surface area contributed by atoms with Gasteiger partial charge in [-0.1, -0.05) is 5.16 Å². The van der Waals surface area contributed by atoms with Crippen LogP contribution in [0.25, 0.3) is 0 Å². The maximum absolute atomic E-state index is 12.5. The molecular weight excluding hydrogens is 374 g/mol. The number of nitrogens with zero attached hydrogens (tertiary/aromatic N) is 5. The van der Waals surface area contributed by atoms with Crippen molar-refractivity contribution in [3.05, 3.63) is 52.9 Å². The van der Waals surface area contributed by atoms with Crippen LogP contribution in [-0.4, -0.2) is 48.6 Å². The van der Waals surface area contributed by atoms with Crippen LogP contribution in [0.15, 0.2) is 29.0 Å². The summed E-state index contributed by atoms with van der Waals surface area (Å²) in [5, 5.41) is 18.2. The Morgan fingerprint density at radius 1 is 1.28 bits per heavy atom. The second-order valence-electron chi connectivity index (χ2n) is 7.60. The molecule has 1 aliphatic heterocycles. The second-order valence-corrected chi connectivity index (χ2v) is 7.60. The van der Waals surface area contributed by atoms with Crippen LogP contribution in [0.4, 0.5) is 0 Å². The predicted octanol–water partition coefficient (Wildman–Crippen LogP) is 0.917. The van der Waals surface area contributed by atoms with E-state index in [0.717, 1.165) is 11.3 Å². The molecule has 2 amide bonds. The molecule has 0 unspecified atom stereocenters. The van der Waals surface area contributed by atoms with Crippen molar-refractivity contribution in [1.29, 1.82) is 0 Å². The lowest BCUT2D eigenvalue weighted by atomic mass is 10.2. The second kappa shape index (κ2) is 7.53. The van der Waals surface area contributed by atoms with Gasteiger partial charge in [0.15, 0.2) is 11.5 Å². The van der Waals surface area contributed by atoms with Crippen molar-refractivity contribution in [2.75, 3.05) is 0 Å². The van der Waals surface area contributed by atoms with Crippen LogP contribution < -0.4 is 10.6 Å². The number of amides is 2. The Kier molecular flexibility index (Phi) is 4.91. The lowest BCUT2D eigenvalue weighted by molar-refractivity contribution is 0.0918. The summed E-state index contributed by atoms with van der Waals surface area (Å²) in [6.07, 6.45) is 4.24. The van der Waals surface area contributed by atoms with Crippen LogP contribution in [0.2, 0.25) is 0 Å². The van der Waals surface area contributed by atoms with Crippen LogP contribution in [-0.2, 0) is 19.5 Å². The first-order valence-electron chi connectivity index (χ1n) is 9.50. The summed E-state index contributed by atoms with van der Waals surface area (Å²) in [6.45, 7) is 6.67. The van der Waals surface area contributed by atoms with Crippen molar-refractivity contribution in [3.8, 4) is 0 Å². The van der Waals surface area contributed by atoms with E-state index in [9.17, 15) is 9.59 Å². The summed E-state index contributed by atoms with van der Waals surface area (Å²) in [4.78, 5) is 24.5. The number of carbonyl (C=O) groups excluding carboxylic acids is 2. The van der Waals surface area contributed by atoms with Gasteiger partial charge in [0.05, 0.1) is 18.8 Å². The third-order valence-corrected chi connectivity index (χ3v) is 4.57. The zero-order valence-corrected chi connectivity index (χ0v) is 16.5. The molecule has 0 bridgehead atoms. The first kappa shape index (κ1) is 18.9. The predicted molar refractivity (Wildman–Crippen MR) is 102 cm³/mol. The van der Waals surface area contributed by atoms with Crippen molar-refractivity contribution in [1.82, 2.24) is 35.4 Å². The number of aromatic nitrogens is 5. The van der Waals surface area contributed by atoms with Gasteiger partial charge in [-0.2, -0.15) is 10.2 Å². The maximum atomic E-state index is 12.5. The van der Waals surface area contributed by atoms with E-state index in [1.165, 1.54) is 0 Å². The summed E-state index contributed by atoms with van der Waals surface area (Å²) in [6, 6.07) is 3.33. The van der Waals surface area contributed by atoms with Crippen molar-refractivity contribution in [2.45, 2.75) is 52.4 Å². The first-order chi connectivity index (χ1) is 13.9. The van der Waals surface area contributed by atoms with Gasteiger partial charge in [0.2, 0.25) is 0 Å². The first-order valence-corrected chi connectivity index (χ1v) is 9.50. The Labute approximate surface area is 167 Å². The van der Waals surface area contributed by atoms with Crippen LogP contribution in [0.3, 0.4) is 0 Å². The van der Waals surface area contributed by atoms with Gasteiger partial charge in [0.25, 0.3) is 11.8 Å². The molecule has 10 heteroatoms. The van der Waals surface area contributed by atoms with Gasteiger partial charge < -0.3 is 15.2 Å². The van der Waals surface area contributed by atoms with Crippen molar-refractivity contribution < 1.29 is 14.1 Å². The fourth-order valence-electron chi connectivity index (χ4n) is 3.31. The molecule has 3 aromatic heterocycles. The third kappa shape index (κ3) is 4.20. The molecule has 3 aromatic rings. The largest absolute Gasteiger partial charge is 0.359 e. The number of rotatable bonds is 6. The standard InChI is InChI=1S/C19H23N7O3/c1-11(2)21-18(27)16-5-14-4-13(9-26(14)23-16)22-19(28)17-6-15(29-24-17)10-25-8-12(3)7-20-25/h5-8,11,13H,4,9-10H2,1-3H3,(H,21,27)(H,22,28)/t13-/m0/s1. The number of nitrogens with one attached hydrogen (secondary N) is 2. The van der Waals surface area contributed by atoms with E-state index in [4.69, 9.17) is 4.52 Å². The Balaban J connectivity index is 1.33. The SMILES string of the molecule is Cc1cnn(Cc2cc(C(=O)N[C@H]3Cc4cc(C(=O)NC(C)C)nn4C3)no2)c1. The highest BCUT2D eigenvalue weighted by Crippen LogP contribution is 2.17. The monoisotopic (exact) mass is 397 g/mol. The molecule has 0 saturated heterocycles. The van der Waals surface area contributed by atoms with Crippen molar-refractivity contribution >= 4 is 11.8 Å². The summed E-state index contributed by atoms with van der Waals surface area (Å²) in [5.74, 6) is 0.0635. The summed E-state index contributed by atoms with van der Waals surface area (Å²) < 4.78 is 8.73. The molecule has 0 spiro atoms. The highest BCUT2D eigenvalue weighted by atomic mass is 16.5. The highest BCUT2D eigenvalue weighted by Gasteiger charge is 2.27. The van der Waals surface area contributed by atoms with Gasteiger partial charge in [-0.25, -0.2) is 0 Å². The van der Waals surface area contributed by atoms with Gasteiger partial charge >= 0.3 is 0 Å². The van der Waals surface area contributed by atoms with E-state index >= 15 is 0 Å². The smallest absolute Gasteiger partial charge is 0.273 e. The molecule has 2 N–H and O–H groups in total. The molecule has 10 nitrogen and oxygen atoms in total. The van der Waals surface area contributed by atoms with Crippen LogP contribution in [0.5, 0.6) is 0 Å². The highest BCUT2D eigenvalue weighted by molar-refractivity contribution is 5.93. The van der Waals surface area contributed by atoms with Gasteiger partial charge in [0, 0.05) is 30.4 Å². The topological polar surface area (TPSA) is 120 Å². The number of hydrogen-bond donors (Lipinski definition) is 2. The van der Waals surface area contributed by atoms with Crippen molar-refractivity contribution in [2.24, 2.45) is 0 Å². The van der Waals surface area contributed by atoms with E-state index in [1.807, 2.05) is 27.0 Å². The van der Waals surface area contributed by atoms with E-state index in [0.29, 0.717) is 31.0 Å². The van der Waals surface area contributed by atoms with Gasteiger partial charge in [0.1, 0.15) is 12.2 Å². The average molecular weight is 397 g/mol. The number of fused-ring (bicyclic) bond motifs is 1. The fourth-order valence-corrected chi connectivity index (χ4v) is 3.31. The van der Waals surface area contributed by atoms with E-state index in [1.54, 1.807) is 27.7 Å². The average Bonchev–Trinajstić information content (AvgIpc) is 3.39. The normalized spacial score (nSPS) is 15.5. The zero-order chi connectivity index (χ0) is 20.5. The molecule has 1 atom stereocenters. The van der Waals surface area contributed by atoms with Gasteiger partial charge in [-0.05, 0) is 32.4 Å². The summed E-state index contributed by atoms with van der Waals surface area (Å²) in [7, 11) is 0. The Bertz CT molecular complexity index is 1020. The molecule has 29 heavy (non-hydrogen) atoms. The number of aryl methyl sites for hydroxylation is 1. The Morgan fingerprint density at radius 2 is 2.10 bits per heavy atom. The molecule has 0 aliphatic carbocycles. The number of carbonyl (C=O) groups is 2. The minimum Gasteiger partial charge on any atom is -0.359 e. The summed E-state index contributed by atoms with van der Waals surface area (Å²) >= 11 is 0. The minimum atomic E-state index is -0.301. The van der Waals surface area contributed by atoms with Crippen LogP contribution in [0, 0.1) is 6.92 Å². The van der Waals surface area contributed by atoms with Crippen molar-refractivity contribution in [3.63, 3.8) is 0 Å². The quantitative estimate of drug-likeness (QED) is 0.638. The Hall–Kier alpha value is -3.43. The van der Waals surface area contributed by atoms with Gasteiger partial charge in [-0.3, -0.25) is 19.0 Å². The molecule has 0 radical (unpaired) electrons. The van der Waals surface area contributed by atoms with Crippen LogP contribution >= 0.6 is 0 Å². The lowest BCUT2D eigenvalue weighted by Gasteiger charge is -2.10. The van der Waals surface area contributed by atoms with E-state index in [2.05, 4.69) is 26.0 Å². The lowest BCUT2D eigenvalue weighted by Crippen LogP contribution is -2.36. The minimum absolute atomic E-state index is 0.0516. The van der Waals surface area contributed by atoms with E-state index < -0.39 is 0 Å². The molecule has 4 heterocycles. The molecular formula is C19H23N7O3. The maximum Gasteiger partial charge on any atom is 0.273 e. The number of hydrogen-bond acceptors (Lipinski definition) is 6. The summed E-state index contributed by atoms with van der Waals surface area (Å²) in [5.41, 5.74) is 2.59. The molecule has 4 rings (SSSR count). The van der Waals surface area contributed by atoms with Gasteiger partial charge in [-0.15, -0.1) is 0 Å². The molecule has 0 aromatic carbocycles. The van der Waals surface area contributed by atoms with Crippen LogP contribution in [0.1, 0.15) is 51.8 Å². The Morgan fingerprint density at radius 3 is 2.79 bits per heavy atom.